The van der Waals surface area contributed by atoms with Gasteiger partial charge in [0.2, 0.25) is 5.91 Å². The van der Waals surface area contributed by atoms with Gasteiger partial charge in [0.15, 0.2) is 5.96 Å². The van der Waals surface area contributed by atoms with Crippen LogP contribution in [0.4, 0.5) is 0 Å². The van der Waals surface area contributed by atoms with Crippen LogP contribution in [0.2, 0.25) is 0 Å². The number of amides is 1. The van der Waals surface area contributed by atoms with Crippen LogP contribution in [0.25, 0.3) is 0 Å². The van der Waals surface area contributed by atoms with E-state index in [4.69, 9.17) is 9.41 Å². The maximum absolute atomic E-state index is 12.8. The number of hydrogen-bond donors (Lipinski definition) is 2. The van der Waals surface area contributed by atoms with Crippen LogP contribution < -0.4 is 10.6 Å². The van der Waals surface area contributed by atoms with Gasteiger partial charge in [0.25, 0.3) is 0 Å². The number of nitrogens with one attached hydrogen (secondary N) is 2. The van der Waals surface area contributed by atoms with Crippen molar-refractivity contribution in [2.24, 2.45) is 16.8 Å². The van der Waals surface area contributed by atoms with Crippen molar-refractivity contribution in [3.05, 3.63) is 24.2 Å². The molecule has 0 bridgehead atoms. The van der Waals surface area contributed by atoms with Gasteiger partial charge in [-0.05, 0) is 37.3 Å². The average molecular weight is 516 g/mol. The molecule has 2 aliphatic rings. The molecule has 1 aromatic rings. The van der Waals surface area contributed by atoms with Gasteiger partial charge in [-0.15, -0.1) is 24.0 Å². The number of furan rings is 1. The Morgan fingerprint density at radius 3 is 2.76 bits per heavy atom. The second-order valence-electron chi connectivity index (χ2n) is 8.59. The van der Waals surface area contributed by atoms with E-state index in [0.29, 0.717) is 11.8 Å². The summed E-state index contributed by atoms with van der Waals surface area (Å²) in [4.78, 5) is 19.6. The van der Waals surface area contributed by atoms with Gasteiger partial charge in [-0.25, -0.2) is 0 Å². The highest BCUT2D eigenvalue weighted by atomic mass is 127. The van der Waals surface area contributed by atoms with Crippen LogP contribution in [-0.2, 0) is 11.2 Å². The topological polar surface area (TPSA) is 69.9 Å². The highest BCUT2D eigenvalue weighted by Crippen LogP contribution is 2.26. The molecule has 0 aromatic carbocycles. The van der Waals surface area contributed by atoms with Crippen LogP contribution in [-0.4, -0.2) is 49.0 Å². The minimum atomic E-state index is 0. The fraction of sp³-hybridized carbons (Fsp3) is 0.727. The number of nitrogens with zero attached hydrogens (tertiary/aromatic N) is 2. The van der Waals surface area contributed by atoms with Crippen LogP contribution in [0.15, 0.2) is 27.8 Å². The quantitative estimate of drug-likeness (QED) is 0.329. The van der Waals surface area contributed by atoms with Crippen LogP contribution in [0.1, 0.15) is 58.1 Å². The maximum Gasteiger partial charge on any atom is 0.225 e. The van der Waals surface area contributed by atoms with Crippen LogP contribution in [0.5, 0.6) is 0 Å². The summed E-state index contributed by atoms with van der Waals surface area (Å²) < 4.78 is 5.40. The Morgan fingerprint density at radius 2 is 2.07 bits per heavy atom. The smallest absolute Gasteiger partial charge is 0.225 e. The lowest BCUT2D eigenvalue weighted by Gasteiger charge is -2.26. The molecule has 0 radical (unpaired) electrons. The Morgan fingerprint density at radius 1 is 1.28 bits per heavy atom. The second-order valence-corrected chi connectivity index (χ2v) is 8.59. The number of halogens is 1. The minimum Gasteiger partial charge on any atom is -0.469 e. The molecule has 1 saturated heterocycles. The summed E-state index contributed by atoms with van der Waals surface area (Å²) in [5, 5.41) is 6.98. The van der Waals surface area contributed by atoms with Crippen molar-refractivity contribution in [1.29, 1.82) is 0 Å². The molecule has 1 aliphatic heterocycles. The van der Waals surface area contributed by atoms with Gasteiger partial charge in [0.1, 0.15) is 5.76 Å². The number of carbonyl (C=O) groups excluding carboxylic acids is 1. The molecule has 29 heavy (non-hydrogen) atoms. The first-order valence-corrected chi connectivity index (χ1v) is 11.0. The largest absolute Gasteiger partial charge is 0.469 e. The molecule has 164 valence electrons. The molecule has 6 nitrogen and oxygen atoms in total. The van der Waals surface area contributed by atoms with E-state index in [-0.39, 0.29) is 35.9 Å². The summed E-state index contributed by atoms with van der Waals surface area (Å²) in [6, 6.07) is 4.18. The Hall–Kier alpha value is -1.25. The normalized spacial score (nSPS) is 20.6. The fourth-order valence-corrected chi connectivity index (χ4v) is 4.06. The molecule has 0 spiro atoms. The van der Waals surface area contributed by atoms with Crippen molar-refractivity contribution >= 4 is 35.8 Å². The zero-order valence-corrected chi connectivity index (χ0v) is 20.2. The highest BCUT2D eigenvalue weighted by Gasteiger charge is 2.31. The minimum absolute atomic E-state index is 0. The van der Waals surface area contributed by atoms with Gasteiger partial charge >= 0.3 is 0 Å². The lowest BCUT2D eigenvalue weighted by Crippen LogP contribution is -2.46. The molecule has 2 heterocycles. The predicted octanol–water partition coefficient (Wildman–Crippen LogP) is 3.81. The third kappa shape index (κ3) is 7.83. The van der Waals surface area contributed by atoms with Gasteiger partial charge in [0.05, 0.1) is 6.26 Å². The lowest BCUT2D eigenvalue weighted by atomic mass is 9.88. The maximum atomic E-state index is 12.8. The van der Waals surface area contributed by atoms with E-state index in [1.54, 1.807) is 6.26 Å². The first kappa shape index (κ1) is 24.0. The molecular weight excluding hydrogens is 479 g/mol. The van der Waals surface area contributed by atoms with Crippen molar-refractivity contribution in [2.75, 3.05) is 26.2 Å². The number of guanidine groups is 1. The van der Waals surface area contributed by atoms with E-state index < -0.39 is 0 Å². The highest BCUT2D eigenvalue weighted by molar-refractivity contribution is 14.0. The number of rotatable bonds is 7. The van der Waals surface area contributed by atoms with E-state index in [1.165, 1.54) is 19.3 Å². The Balaban J connectivity index is 0.00000300. The molecule has 1 aliphatic carbocycles. The van der Waals surface area contributed by atoms with Crippen LogP contribution >= 0.6 is 24.0 Å². The van der Waals surface area contributed by atoms with Crippen LogP contribution in [0.3, 0.4) is 0 Å². The van der Waals surface area contributed by atoms with E-state index >= 15 is 0 Å². The summed E-state index contributed by atoms with van der Waals surface area (Å²) in [5.41, 5.74) is 0. The van der Waals surface area contributed by atoms with Gasteiger partial charge < -0.3 is 20.0 Å². The predicted molar refractivity (Wildman–Crippen MR) is 128 cm³/mol. The van der Waals surface area contributed by atoms with Gasteiger partial charge in [-0.3, -0.25) is 9.79 Å². The van der Waals surface area contributed by atoms with Crippen molar-refractivity contribution in [3.63, 3.8) is 0 Å². The first-order valence-electron chi connectivity index (χ1n) is 11.0. The van der Waals surface area contributed by atoms with E-state index in [2.05, 4.69) is 29.4 Å². The van der Waals surface area contributed by atoms with Crippen molar-refractivity contribution in [1.82, 2.24) is 15.5 Å². The van der Waals surface area contributed by atoms with Gasteiger partial charge in [-0.1, -0.05) is 33.1 Å². The van der Waals surface area contributed by atoms with Gasteiger partial charge in [0, 0.05) is 44.6 Å². The fourth-order valence-electron chi connectivity index (χ4n) is 4.06. The summed E-state index contributed by atoms with van der Waals surface area (Å²) in [6.07, 6.45) is 9.36. The molecule has 3 rings (SSSR count). The van der Waals surface area contributed by atoms with Gasteiger partial charge in [-0.2, -0.15) is 0 Å². The average Bonchev–Trinajstić information content (AvgIpc) is 3.38. The molecule has 1 aromatic heterocycles. The summed E-state index contributed by atoms with van der Waals surface area (Å²) in [6.45, 7) is 7.55. The van der Waals surface area contributed by atoms with Crippen LogP contribution in [0, 0.1) is 11.8 Å². The third-order valence-electron chi connectivity index (χ3n) is 5.65. The summed E-state index contributed by atoms with van der Waals surface area (Å²) in [7, 11) is 0. The molecule has 2 fully saturated rings. The number of carbonyl (C=O) groups is 1. The molecule has 1 atom stereocenters. The zero-order chi connectivity index (χ0) is 19.8. The van der Waals surface area contributed by atoms with Crippen molar-refractivity contribution in [3.8, 4) is 0 Å². The van der Waals surface area contributed by atoms with E-state index in [1.807, 2.05) is 12.1 Å². The molecular formula is C22H37IN4O2. The Kier molecular flexibility index (Phi) is 10.3. The molecule has 2 N–H and O–H groups in total. The van der Waals surface area contributed by atoms with Crippen molar-refractivity contribution in [2.45, 2.75) is 64.8 Å². The molecule has 1 unspecified atom stereocenters. The van der Waals surface area contributed by atoms with E-state index in [0.717, 1.165) is 63.6 Å². The molecule has 1 amide bonds. The molecule has 1 saturated carbocycles. The zero-order valence-electron chi connectivity index (χ0n) is 17.9. The number of hydrogen-bond acceptors (Lipinski definition) is 3. The molecule has 7 heteroatoms. The number of likely N-dealkylation sites (tertiary alicyclic amines) is 1. The standard InChI is InChI=1S/C22H36N4O2.HI/c1-17(2)15-24-22(23-12-10-20-9-6-14-28-20)25-19-11-13-26(16-19)21(27)18-7-4-3-5-8-18;/h6,9,14,17-19H,3-5,7-8,10-13,15-16H2,1-2H3,(H2,23,24,25);1H. The summed E-state index contributed by atoms with van der Waals surface area (Å²) in [5.74, 6) is 2.96. The summed E-state index contributed by atoms with van der Waals surface area (Å²) >= 11 is 0. The monoisotopic (exact) mass is 516 g/mol. The van der Waals surface area contributed by atoms with E-state index in [9.17, 15) is 4.79 Å². The number of aliphatic imine (C=N–C) groups is 1. The Labute approximate surface area is 192 Å². The first-order chi connectivity index (χ1) is 13.6. The Bertz CT molecular complexity index is 627. The third-order valence-corrected chi connectivity index (χ3v) is 5.65. The SMILES string of the molecule is CC(C)CN=C(NCCc1ccco1)NC1CCN(C(=O)C2CCCCC2)C1.I. The van der Waals surface area contributed by atoms with Crippen molar-refractivity contribution < 1.29 is 9.21 Å². The lowest BCUT2D eigenvalue weighted by molar-refractivity contribution is -0.135. The second kappa shape index (κ2) is 12.4.